The molecule has 2 atom stereocenters. The summed E-state index contributed by atoms with van der Waals surface area (Å²) in [6.45, 7) is 6.81. The van der Waals surface area contributed by atoms with Gasteiger partial charge in [0, 0.05) is 49.2 Å². The smallest absolute Gasteiger partial charge is 0.0794 e. The lowest BCUT2D eigenvalue weighted by molar-refractivity contribution is 0.0878. The highest BCUT2D eigenvalue weighted by Gasteiger charge is 2.29. The molecule has 1 saturated heterocycles. The van der Waals surface area contributed by atoms with E-state index in [9.17, 15) is 0 Å². The molecular weight excluding hydrogens is 256 g/mol. The molecular formula is C14H26N4S. The molecule has 1 aliphatic heterocycles. The van der Waals surface area contributed by atoms with Gasteiger partial charge in [-0.3, -0.25) is 9.88 Å². The normalized spacial score (nSPS) is 23.6. The molecule has 2 heterocycles. The van der Waals surface area contributed by atoms with Crippen LogP contribution in [0.25, 0.3) is 0 Å². The van der Waals surface area contributed by atoms with Crippen LogP contribution in [0.4, 0.5) is 0 Å². The first-order chi connectivity index (χ1) is 9.20. The van der Waals surface area contributed by atoms with E-state index in [1.54, 1.807) is 11.3 Å². The molecule has 0 aliphatic carbocycles. The number of thiazole rings is 1. The maximum atomic E-state index is 4.20. The molecule has 0 bridgehead atoms. The van der Waals surface area contributed by atoms with Crippen molar-refractivity contribution in [1.29, 1.82) is 0 Å². The summed E-state index contributed by atoms with van der Waals surface area (Å²) in [4.78, 5) is 10.5. The summed E-state index contributed by atoms with van der Waals surface area (Å²) in [6, 6.07) is 1.11. The van der Waals surface area contributed by atoms with E-state index in [0.29, 0.717) is 12.1 Å². The molecule has 4 nitrogen and oxygen atoms in total. The lowest BCUT2D eigenvalue weighted by Gasteiger charge is -2.42. The second-order valence-electron chi connectivity index (χ2n) is 5.54. The second kappa shape index (κ2) is 7.33. The Morgan fingerprint density at radius 2 is 2.32 bits per heavy atom. The molecule has 2 rings (SSSR count). The Morgan fingerprint density at radius 1 is 1.47 bits per heavy atom. The number of nitrogens with one attached hydrogen (secondary N) is 1. The maximum absolute atomic E-state index is 4.20. The average Bonchev–Trinajstić information content (AvgIpc) is 2.90. The molecule has 5 heteroatoms. The van der Waals surface area contributed by atoms with Gasteiger partial charge in [-0.2, -0.15) is 0 Å². The SMILES string of the molecule is CCCNC(Cc1cncs1)C1CN(C)CCN1C. The van der Waals surface area contributed by atoms with Crippen molar-refractivity contribution in [2.75, 3.05) is 40.3 Å². The van der Waals surface area contributed by atoms with Gasteiger partial charge in [-0.1, -0.05) is 6.92 Å². The largest absolute Gasteiger partial charge is 0.312 e. The summed E-state index contributed by atoms with van der Waals surface area (Å²) in [5.74, 6) is 0. The Bertz CT molecular complexity index is 354. The van der Waals surface area contributed by atoms with Crippen molar-refractivity contribution in [3.05, 3.63) is 16.6 Å². The van der Waals surface area contributed by atoms with E-state index in [1.807, 2.05) is 11.7 Å². The van der Waals surface area contributed by atoms with E-state index in [0.717, 1.165) is 26.1 Å². The molecule has 0 saturated carbocycles. The predicted octanol–water partition coefficient (Wildman–Crippen LogP) is 1.30. The Balaban J connectivity index is 2.02. The van der Waals surface area contributed by atoms with Gasteiger partial charge < -0.3 is 10.2 Å². The fourth-order valence-corrected chi connectivity index (χ4v) is 3.37. The number of hydrogen-bond acceptors (Lipinski definition) is 5. The fourth-order valence-electron chi connectivity index (χ4n) is 2.71. The standard InChI is InChI=1S/C14H26N4S/c1-4-5-16-13(8-12-9-15-11-19-12)14-10-17(2)6-7-18(14)3/h9,11,13-14,16H,4-8,10H2,1-3H3. The van der Waals surface area contributed by atoms with Crippen LogP contribution in [0.1, 0.15) is 18.2 Å². The average molecular weight is 282 g/mol. The molecule has 1 fully saturated rings. The number of hydrogen-bond donors (Lipinski definition) is 1. The van der Waals surface area contributed by atoms with Crippen LogP contribution in [0.5, 0.6) is 0 Å². The van der Waals surface area contributed by atoms with Gasteiger partial charge in [0.1, 0.15) is 0 Å². The van der Waals surface area contributed by atoms with Crippen LogP contribution >= 0.6 is 11.3 Å². The van der Waals surface area contributed by atoms with Crippen LogP contribution in [-0.4, -0.2) is 67.1 Å². The third kappa shape index (κ3) is 4.24. The minimum atomic E-state index is 0.521. The first-order valence-corrected chi connectivity index (χ1v) is 8.08. The van der Waals surface area contributed by atoms with Crippen molar-refractivity contribution in [1.82, 2.24) is 20.1 Å². The van der Waals surface area contributed by atoms with Gasteiger partial charge in [0.25, 0.3) is 0 Å². The monoisotopic (exact) mass is 282 g/mol. The van der Waals surface area contributed by atoms with E-state index >= 15 is 0 Å². The van der Waals surface area contributed by atoms with E-state index < -0.39 is 0 Å². The van der Waals surface area contributed by atoms with Crippen molar-refractivity contribution in [2.24, 2.45) is 0 Å². The zero-order valence-corrected chi connectivity index (χ0v) is 13.1. The maximum Gasteiger partial charge on any atom is 0.0794 e. The number of rotatable bonds is 6. The number of likely N-dealkylation sites (N-methyl/N-ethyl adjacent to an activating group) is 2. The number of aromatic nitrogens is 1. The first kappa shape index (κ1) is 14.9. The number of nitrogens with zero attached hydrogens (tertiary/aromatic N) is 3. The van der Waals surface area contributed by atoms with Gasteiger partial charge in [0.2, 0.25) is 0 Å². The quantitative estimate of drug-likeness (QED) is 0.852. The highest BCUT2D eigenvalue weighted by Crippen LogP contribution is 2.16. The van der Waals surface area contributed by atoms with Crippen molar-refractivity contribution >= 4 is 11.3 Å². The van der Waals surface area contributed by atoms with Crippen LogP contribution in [0, 0.1) is 0 Å². The van der Waals surface area contributed by atoms with Gasteiger partial charge in [0.15, 0.2) is 0 Å². The summed E-state index contributed by atoms with van der Waals surface area (Å²) in [5.41, 5.74) is 1.93. The van der Waals surface area contributed by atoms with Crippen LogP contribution in [0.2, 0.25) is 0 Å². The highest BCUT2D eigenvalue weighted by atomic mass is 32.1. The van der Waals surface area contributed by atoms with Crippen LogP contribution in [-0.2, 0) is 6.42 Å². The molecule has 0 aromatic carbocycles. The Labute approximate surface area is 120 Å². The first-order valence-electron chi connectivity index (χ1n) is 7.20. The third-order valence-corrected chi connectivity index (χ3v) is 4.73. The minimum Gasteiger partial charge on any atom is -0.312 e. The molecule has 0 radical (unpaired) electrons. The lowest BCUT2D eigenvalue weighted by Crippen LogP contribution is -2.59. The van der Waals surface area contributed by atoms with Crippen LogP contribution in [0.3, 0.4) is 0 Å². The van der Waals surface area contributed by atoms with Gasteiger partial charge in [-0.15, -0.1) is 11.3 Å². The van der Waals surface area contributed by atoms with E-state index in [4.69, 9.17) is 0 Å². The van der Waals surface area contributed by atoms with Crippen molar-refractivity contribution in [3.63, 3.8) is 0 Å². The fraction of sp³-hybridized carbons (Fsp3) is 0.786. The Hall–Kier alpha value is -0.490. The zero-order chi connectivity index (χ0) is 13.7. The van der Waals surface area contributed by atoms with Crippen molar-refractivity contribution in [2.45, 2.75) is 31.8 Å². The summed E-state index contributed by atoms with van der Waals surface area (Å²) in [5, 5.41) is 3.74. The van der Waals surface area contributed by atoms with Gasteiger partial charge in [-0.25, -0.2) is 0 Å². The summed E-state index contributed by atoms with van der Waals surface area (Å²) in [6.07, 6.45) is 4.29. The summed E-state index contributed by atoms with van der Waals surface area (Å²) < 4.78 is 0. The predicted molar refractivity (Wildman–Crippen MR) is 81.8 cm³/mol. The zero-order valence-electron chi connectivity index (χ0n) is 12.3. The number of piperazine rings is 1. The van der Waals surface area contributed by atoms with Gasteiger partial charge in [-0.05, 0) is 27.1 Å². The van der Waals surface area contributed by atoms with Crippen LogP contribution < -0.4 is 5.32 Å². The Kier molecular flexibility index (Phi) is 5.76. The molecule has 0 amide bonds. The summed E-state index contributed by atoms with van der Waals surface area (Å²) in [7, 11) is 4.48. The van der Waals surface area contributed by atoms with Gasteiger partial charge in [0.05, 0.1) is 5.51 Å². The van der Waals surface area contributed by atoms with Crippen molar-refractivity contribution < 1.29 is 0 Å². The van der Waals surface area contributed by atoms with Crippen molar-refractivity contribution in [3.8, 4) is 0 Å². The molecule has 108 valence electrons. The van der Waals surface area contributed by atoms with Gasteiger partial charge >= 0.3 is 0 Å². The molecule has 1 aromatic rings. The topological polar surface area (TPSA) is 31.4 Å². The third-order valence-electron chi connectivity index (χ3n) is 3.92. The van der Waals surface area contributed by atoms with E-state index in [1.165, 1.54) is 17.8 Å². The summed E-state index contributed by atoms with van der Waals surface area (Å²) >= 11 is 1.77. The highest BCUT2D eigenvalue weighted by molar-refractivity contribution is 7.09. The molecule has 19 heavy (non-hydrogen) atoms. The molecule has 1 aromatic heterocycles. The van der Waals surface area contributed by atoms with Crippen LogP contribution in [0.15, 0.2) is 11.7 Å². The second-order valence-corrected chi connectivity index (χ2v) is 6.51. The molecule has 0 spiro atoms. The Morgan fingerprint density at radius 3 is 3.00 bits per heavy atom. The molecule has 1 aliphatic rings. The minimum absolute atomic E-state index is 0.521. The molecule has 2 unspecified atom stereocenters. The van der Waals surface area contributed by atoms with E-state index in [2.05, 4.69) is 41.1 Å². The van der Waals surface area contributed by atoms with E-state index in [-0.39, 0.29) is 0 Å². The lowest BCUT2D eigenvalue weighted by atomic mass is 10.00. The molecule has 1 N–H and O–H groups in total.